The van der Waals surface area contributed by atoms with Crippen molar-refractivity contribution in [2.24, 2.45) is 0 Å². The molecule has 28 heavy (non-hydrogen) atoms. The number of hydrogen-bond acceptors (Lipinski definition) is 3. The van der Waals surface area contributed by atoms with Crippen molar-refractivity contribution in [2.45, 2.75) is 17.6 Å². The van der Waals surface area contributed by atoms with Gasteiger partial charge in [-0.25, -0.2) is 22.1 Å². The molecule has 1 heterocycles. The van der Waals surface area contributed by atoms with Gasteiger partial charge in [-0.1, -0.05) is 48.5 Å². The van der Waals surface area contributed by atoms with Crippen molar-refractivity contribution in [1.29, 1.82) is 0 Å². The van der Waals surface area contributed by atoms with Crippen LogP contribution in [0.4, 0.5) is 23.4 Å². The molecule has 0 bridgehead atoms. The number of aromatic nitrogens is 1. The summed E-state index contributed by atoms with van der Waals surface area (Å²) in [6, 6.07) is 15.7. The van der Waals surface area contributed by atoms with Crippen molar-refractivity contribution < 1.29 is 26.0 Å². The molecule has 0 radical (unpaired) electrons. The third-order valence-electron chi connectivity index (χ3n) is 3.89. The second-order valence-corrected chi connectivity index (χ2v) is 7.70. The standard InChI is InChI=1S/C19H14F4N2O2S/c20-17-11-15(19(21,22)23)12-24-18(17)25(13-14-7-3-1-4-8-14)28(26,27)16-9-5-2-6-10-16/h1-12H,13H2. The minimum absolute atomic E-state index is 0.132. The topological polar surface area (TPSA) is 50.3 Å². The number of rotatable bonds is 5. The second kappa shape index (κ2) is 7.59. The van der Waals surface area contributed by atoms with Gasteiger partial charge in [-0.05, 0) is 23.8 Å². The number of benzene rings is 2. The third-order valence-corrected chi connectivity index (χ3v) is 5.64. The van der Waals surface area contributed by atoms with Crippen LogP contribution in [0.1, 0.15) is 11.1 Å². The molecule has 0 unspecified atom stereocenters. The lowest BCUT2D eigenvalue weighted by Crippen LogP contribution is -2.32. The van der Waals surface area contributed by atoms with Crippen LogP contribution in [0, 0.1) is 5.82 Å². The van der Waals surface area contributed by atoms with Crippen molar-refractivity contribution in [3.63, 3.8) is 0 Å². The first kappa shape index (κ1) is 19.8. The smallest absolute Gasteiger partial charge is 0.243 e. The van der Waals surface area contributed by atoms with Gasteiger partial charge >= 0.3 is 6.18 Å². The molecule has 0 amide bonds. The monoisotopic (exact) mass is 410 g/mol. The molecule has 0 aliphatic heterocycles. The summed E-state index contributed by atoms with van der Waals surface area (Å²) in [4.78, 5) is 3.35. The third kappa shape index (κ3) is 4.14. The number of sulfonamides is 1. The van der Waals surface area contributed by atoms with Gasteiger partial charge in [-0.3, -0.25) is 0 Å². The van der Waals surface area contributed by atoms with E-state index in [1.54, 1.807) is 36.4 Å². The van der Waals surface area contributed by atoms with E-state index in [0.717, 1.165) is 0 Å². The van der Waals surface area contributed by atoms with Crippen molar-refractivity contribution in [3.05, 3.63) is 89.9 Å². The number of nitrogens with zero attached hydrogens (tertiary/aromatic N) is 2. The summed E-state index contributed by atoms with van der Waals surface area (Å²) in [5, 5.41) is 0. The summed E-state index contributed by atoms with van der Waals surface area (Å²) in [7, 11) is -4.27. The highest BCUT2D eigenvalue weighted by Crippen LogP contribution is 2.33. The highest BCUT2D eigenvalue weighted by molar-refractivity contribution is 7.92. The van der Waals surface area contributed by atoms with Gasteiger partial charge in [0.15, 0.2) is 11.6 Å². The Morgan fingerprint density at radius 2 is 1.50 bits per heavy atom. The molecule has 0 saturated heterocycles. The molecule has 0 saturated carbocycles. The lowest BCUT2D eigenvalue weighted by atomic mass is 10.2. The van der Waals surface area contributed by atoms with E-state index in [1.165, 1.54) is 24.3 Å². The van der Waals surface area contributed by atoms with E-state index in [4.69, 9.17) is 0 Å². The average molecular weight is 410 g/mol. The van der Waals surface area contributed by atoms with Crippen molar-refractivity contribution in [1.82, 2.24) is 4.98 Å². The van der Waals surface area contributed by atoms with Crippen LogP contribution < -0.4 is 4.31 Å². The van der Waals surface area contributed by atoms with E-state index in [-0.39, 0.29) is 17.5 Å². The van der Waals surface area contributed by atoms with Crippen LogP contribution in [0.2, 0.25) is 0 Å². The van der Waals surface area contributed by atoms with Gasteiger partial charge in [-0.2, -0.15) is 13.2 Å². The molecule has 146 valence electrons. The van der Waals surface area contributed by atoms with Crippen molar-refractivity contribution >= 4 is 15.8 Å². The van der Waals surface area contributed by atoms with Gasteiger partial charge in [0.1, 0.15) is 0 Å². The lowest BCUT2D eigenvalue weighted by Gasteiger charge is -2.24. The van der Waals surface area contributed by atoms with Crippen LogP contribution in [-0.4, -0.2) is 13.4 Å². The van der Waals surface area contributed by atoms with E-state index < -0.39 is 33.4 Å². The first-order valence-electron chi connectivity index (χ1n) is 8.04. The van der Waals surface area contributed by atoms with Gasteiger partial charge in [0.05, 0.1) is 17.0 Å². The quantitative estimate of drug-likeness (QED) is 0.576. The Balaban J connectivity index is 2.12. The predicted molar refractivity (Wildman–Crippen MR) is 95.4 cm³/mol. The van der Waals surface area contributed by atoms with Crippen molar-refractivity contribution in [3.8, 4) is 0 Å². The maximum atomic E-state index is 14.5. The summed E-state index contributed by atoms with van der Waals surface area (Å²) in [5.74, 6) is -2.09. The van der Waals surface area contributed by atoms with E-state index in [1.807, 2.05) is 0 Å². The zero-order valence-electron chi connectivity index (χ0n) is 14.3. The van der Waals surface area contributed by atoms with Gasteiger partial charge in [0.25, 0.3) is 10.0 Å². The van der Waals surface area contributed by atoms with Crippen molar-refractivity contribution in [2.75, 3.05) is 4.31 Å². The van der Waals surface area contributed by atoms with Gasteiger partial charge in [0.2, 0.25) is 0 Å². The molecule has 1 aromatic heterocycles. The molecule has 0 N–H and O–H groups in total. The molecule has 0 spiro atoms. The number of halogens is 4. The minimum atomic E-state index is -4.80. The number of alkyl halides is 3. The highest BCUT2D eigenvalue weighted by Gasteiger charge is 2.34. The normalized spacial score (nSPS) is 12.0. The fourth-order valence-electron chi connectivity index (χ4n) is 2.51. The summed E-state index contributed by atoms with van der Waals surface area (Å²) in [5.41, 5.74) is -0.784. The van der Waals surface area contributed by atoms with Crippen LogP contribution in [0.5, 0.6) is 0 Å². The molecular formula is C19H14F4N2O2S. The second-order valence-electron chi connectivity index (χ2n) is 5.84. The molecule has 4 nitrogen and oxygen atoms in total. The van der Waals surface area contributed by atoms with Crippen LogP contribution in [0.3, 0.4) is 0 Å². The average Bonchev–Trinajstić information content (AvgIpc) is 2.67. The number of pyridine rings is 1. The van der Waals surface area contributed by atoms with E-state index in [9.17, 15) is 26.0 Å². The molecule has 2 aromatic carbocycles. The first-order chi connectivity index (χ1) is 13.2. The minimum Gasteiger partial charge on any atom is -0.243 e. The molecule has 0 aliphatic rings. The zero-order valence-corrected chi connectivity index (χ0v) is 15.1. The maximum Gasteiger partial charge on any atom is 0.417 e. The fourth-order valence-corrected chi connectivity index (χ4v) is 3.95. The zero-order chi connectivity index (χ0) is 20.4. The van der Waals surface area contributed by atoms with E-state index in [2.05, 4.69) is 4.98 Å². The Labute approximate surface area is 159 Å². The Kier molecular flexibility index (Phi) is 5.37. The predicted octanol–water partition coefficient (Wildman–Crippen LogP) is 4.64. The number of hydrogen-bond donors (Lipinski definition) is 0. The molecule has 3 rings (SSSR count). The Hall–Kier alpha value is -2.94. The number of anilines is 1. The van der Waals surface area contributed by atoms with Crippen LogP contribution in [-0.2, 0) is 22.7 Å². The van der Waals surface area contributed by atoms with Gasteiger partial charge in [-0.15, -0.1) is 0 Å². The molecular weight excluding hydrogens is 396 g/mol. The molecule has 0 aliphatic carbocycles. The Bertz CT molecular complexity index is 1060. The summed E-state index contributed by atoms with van der Waals surface area (Å²) in [6.07, 6.45) is -4.38. The summed E-state index contributed by atoms with van der Waals surface area (Å²) in [6.45, 7) is -0.298. The molecule has 9 heteroatoms. The van der Waals surface area contributed by atoms with Crippen LogP contribution >= 0.6 is 0 Å². The Morgan fingerprint density at radius 1 is 0.929 bits per heavy atom. The molecule has 0 atom stereocenters. The van der Waals surface area contributed by atoms with Gasteiger partial charge in [0, 0.05) is 6.20 Å². The van der Waals surface area contributed by atoms with Crippen LogP contribution in [0.15, 0.2) is 77.8 Å². The lowest BCUT2D eigenvalue weighted by molar-refractivity contribution is -0.138. The summed E-state index contributed by atoms with van der Waals surface area (Å²) >= 11 is 0. The van der Waals surface area contributed by atoms with E-state index in [0.29, 0.717) is 16.1 Å². The molecule has 0 fully saturated rings. The van der Waals surface area contributed by atoms with Crippen LogP contribution in [0.25, 0.3) is 0 Å². The van der Waals surface area contributed by atoms with E-state index >= 15 is 0 Å². The van der Waals surface area contributed by atoms with Gasteiger partial charge < -0.3 is 0 Å². The molecule has 3 aromatic rings. The fraction of sp³-hybridized carbons (Fsp3) is 0.105. The maximum absolute atomic E-state index is 14.5. The highest BCUT2D eigenvalue weighted by atomic mass is 32.2. The summed E-state index contributed by atoms with van der Waals surface area (Å²) < 4.78 is 79.7. The first-order valence-corrected chi connectivity index (χ1v) is 9.48. The SMILES string of the molecule is O=S(=O)(c1ccccc1)N(Cc1ccccc1)c1ncc(C(F)(F)F)cc1F. The largest absolute Gasteiger partial charge is 0.417 e. The Morgan fingerprint density at radius 3 is 2.04 bits per heavy atom.